The fraction of sp³-hybridized carbons (Fsp3) is 0.556. The Hall–Kier alpha value is -1.96. The number of carbonyl (C=O) groups excluding carboxylic acids is 2. The van der Waals surface area contributed by atoms with Crippen LogP contribution >= 0.6 is 0 Å². The highest BCUT2D eigenvalue weighted by Crippen LogP contribution is 2.18. The maximum atomic E-state index is 11.9. The number of hydrogen-bond acceptors (Lipinski definition) is 5. The van der Waals surface area contributed by atoms with Crippen LogP contribution < -0.4 is 10.6 Å². The van der Waals surface area contributed by atoms with E-state index >= 15 is 0 Å². The molecule has 2 atom stereocenters. The van der Waals surface area contributed by atoms with E-state index < -0.39 is 5.79 Å². The van der Waals surface area contributed by atoms with Crippen LogP contribution in [0.3, 0.4) is 0 Å². The van der Waals surface area contributed by atoms with Gasteiger partial charge in [0.25, 0.3) is 5.91 Å². The van der Waals surface area contributed by atoms with Crippen molar-refractivity contribution in [1.82, 2.24) is 10.6 Å². The molecule has 25 heavy (non-hydrogen) atoms. The van der Waals surface area contributed by atoms with Gasteiger partial charge < -0.3 is 25.6 Å². The molecular formula is C18H32N2O5. The smallest absolute Gasteiger partial charge is 0.251 e. The highest BCUT2D eigenvalue weighted by atomic mass is 16.5. The lowest BCUT2D eigenvalue weighted by Gasteiger charge is -2.11. The Balaban J connectivity index is 0. The molecule has 2 rings (SSSR count). The topological polar surface area (TPSA) is 108 Å². The minimum absolute atomic E-state index is 0. The first kappa shape index (κ1) is 21.1. The molecule has 4 N–H and O–H groups in total. The monoisotopic (exact) mass is 356 g/mol. The third kappa shape index (κ3) is 10.5. The number of aliphatic hydroxyl groups is 2. The van der Waals surface area contributed by atoms with Crippen LogP contribution in [0.25, 0.3) is 0 Å². The van der Waals surface area contributed by atoms with Gasteiger partial charge in [0.1, 0.15) is 0 Å². The lowest BCUT2D eigenvalue weighted by Crippen LogP contribution is -2.31. The molecule has 1 aromatic carbocycles. The van der Waals surface area contributed by atoms with Gasteiger partial charge >= 0.3 is 0 Å². The summed E-state index contributed by atoms with van der Waals surface area (Å²) >= 11 is 0. The molecule has 0 aliphatic carbocycles. The molecule has 0 saturated carbocycles. The minimum atomic E-state index is -1.50. The molecular weight excluding hydrogens is 324 g/mol. The Kier molecular flexibility index (Phi) is 8.54. The Morgan fingerprint density at radius 1 is 1.20 bits per heavy atom. The number of hydrogen-bond donors (Lipinski definition) is 4. The average Bonchev–Trinajstić information content (AvgIpc) is 2.98. The molecule has 1 heterocycles. The lowest BCUT2D eigenvalue weighted by atomic mass is 10.1. The second-order valence-corrected chi connectivity index (χ2v) is 6.56. The summed E-state index contributed by atoms with van der Waals surface area (Å²) < 4.78 is 5.59. The maximum absolute atomic E-state index is 11.9. The van der Waals surface area contributed by atoms with Gasteiger partial charge in [0, 0.05) is 34.3 Å². The molecule has 1 fully saturated rings. The molecule has 0 bridgehead atoms. The molecule has 7 heteroatoms. The molecule has 0 spiro atoms. The van der Waals surface area contributed by atoms with Crippen molar-refractivity contribution in [2.45, 2.75) is 39.1 Å². The number of amides is 2. The second kappa shape index (κ2) is 10.1. The summed E-state index contributed by atoms with van der Waals surface area (Å²) in [5.74, 6) is -1.30. The summed E-state index contributed by atoms with van der Waals surface area (Å²) in [5.41, 5.74) is 0.668. The van der Waals surface area contributed by atoms with Gasteiger partial charge in [-0.2, -0.15) is 0 Å². The normalized spacial score (nSPS) is 19.6. The SMILES string of the molecule is CC(=O)NC[C@@H]1C[C@H](CNC(=O)c2ccccc2)CO1.CC(C)(O)O.[HH].[HH]. The average molecular weight is 356 g/mol. The van der Waals surface area contributed by atoms with Gasteiger partial charge in [0.15, 0.2) is 5.79 Å². The maximum Gasteiger partial charge on any atom is 0.251 e. The van der Waals surface area contributed by atoms with Gasteiger partial charge in [-0.3, -0.25) is 9.59 Å². The molecule has 0 aromatic heterocycles. The molecule has 0 unspecified atom stereocenters. The quantitative estimate of drug-likeness (QED) is 0.592. The summed E-state index contributed by atoms with van der Waals surface area (Å²) in [6.45, 7) is 5.86. The second-order valence-electron chi connectivity index (χ2n) is 6.56. The third-order valence-electron chi connectivity index (χ3n) is 3.33. The first-order valence-corrected chi connectivity index (χ1v) is 8.29. The van der Waals surface area contributed by atoms with Crippen molar-refractivity contribution in [1.29, 1.82) is 0 Å². The summed E-state index contributed by atoms with van der Waals surface area (Å²) in [6.07, 6.45) is 0.910. The first-order valence-electron chi connectivity index (χ1n) is 8.29. The van der Waals surface area contributed by atoms with Crippen LogP contribution in [-0.4, -0.2) is 53.6 Å². The van der Waals surface area contributed by atoms with Crippen molar-refractivity contribution in [3.8, 4) is 0 Å². The number of nitrogens with one attached hydrogen (secondary N) is 2. The van der Waals surface area contributed by atoms with Crippen LogP contribution in [0.2, 0.25) is 0 Å². The number of carbonyl (C=O) groups is 2. The van der Waals surface area contributed by atoms with E-state index in [-0.39, 0.29) is 20.8 Å². The van der Waals surface area contributed by atoms with Crippen LogP contribution in [-0.2, 0) is 9.53 Å². The molecule has 1 saturated heterocycles. The predicted molar refractivity (Wildman–Crippen MR) is 98.1 cm³/mol. The van der Waals surface area contributed by atoms with E-state index in [2.05, 4.69) is 10.6 Å². The standard InChI is InChI=1S/C15H20N2O3.C3H8O2.2H2/c1-11(18)16-9-14-7-12(10-20-14)8-17-15(19)13-5-3-2-4-6-13;1-3(2,4)5;;/h2-6,12,14H,7-10H2,1H3,(H,16,18)(H,17,19);4-5H,1-2H3;2*1H/t12-,14+;;;/m1.../s1. The van der Waals surface area contributed by atoms with Crippen molar-refractivity contribution in [2.24, 2.45) is 5.92 Å². The number of ether oxygens (including phenoxy) is 1. The van der Waals surface area contributed by atoms with Gasteiger partial charge in [0.05, 0.1) is 12.7 Å². The van der Waals surface area contributed by atoms with Gasteiger partial charge in [-0.05, 0) is 32.4 Å². The van der Waals surface area contributed by atoms with Crippen LogP contribution in [0.5, 0.6) is 0 Å². The van der Waals surface area contributed by atoms with E-state index in [1.54, 1.807) is 12.1 Å². The van der Waals surface area contributed by atoms with E-state index in [0.717, 1.165) is 6.42 Å². The van der Waals surface area contributed by atoms with Crippen LogP contribution in [0, 0.1) is 5.92 Å². The Morgan fingerprint density at radius 3 is 2.36 bits per heavy atom. The van der Waals surface area contributed by atoms with Gasteiger partial charge in [0.2, 0.25) is 5.91 Å². The predicted octanol–water partition coefficient (Wildman–Crippen LogP) is 1.16. The zero-order chi connectivity index (χ0) is 18.9. The van der Waals surface area contributed by atoms with Crippen LogP contribution in [0.15, 0.2) is 30.3 Å². The van der Waals surface area contributed by atoms with Crippen molar-refractivity contribution in [3.05, 3.63) is 35.9 Å². The number of rotatable bonds is 5. The Bertz CT molecular complexity index is 546. The molecule has 1 aromatic rings. The zero-order valence-electron chi connectivity index (χ0n) is 15.0. The van der Waals surface area contributed by atoms with Gasteiger partial charge in [-0.15, -0.1) is 0 Å². The van der Waals surface area contributed by atoms with E-state index in [9.17, 15) is 9.59 Å². The molecule has 1 aliphatic rings. The van der Waals surface area contributed by atoms with Crippen molar-refractivity contribution in [3.63, 3.8) is 0 Å². The molecule has 0 radical (unpaired) electrons. The summed E-state index contributed by atoms with van der Waals surface area (Å²) in [5, 5.41) is 21.8. The van der Waals surface area contributed by atoms with E-state index in [1.807, 2.05) is 18.2 Å². The molecule has 2 amide bonds. The molecule has 1 aliphatic heterocycles. The molecule has 7 nitrogen and oxygen atoms in total. The zero-order valence-corrected chi connectivity index (χ0v) is 15.0. The largest absolute Gasteiger partial charge is 0.376 e. The summed E-state index contributed by atoms with van der Waals surface area (Å²) in [4.78, 5) is 22.7. The molecule has 144 valence electrons. The van der Waals surface area contributed by atoms with Crippen molar-refractivity contribution < 1.29 is 27.4 Å². The fourth-order valence-electron chi connectivity index (χ4n) is 2.25. The third-order valence-corrected chi connectivity index (χ3v) is 3.33. The van der Waals surface area contributed by atoms with E-state index in [4.69, 9.17) is 14.9 Å². The van der Waals surface area contributed by atoms with Gasteiger partial charge in [-0.1, -0.05) is 18.2 Å². The van der Waals surface area contributed by atoms with Gasteiger partial charge in [-0.25, -0.2) is 0 Å². The van der Waals surface area contributed by atoms with E-state index in [1.165, 1.54) is 20.8 Å². The van der Waals surface area contributed by atoms with Crippen LogP contribution in [0.4, 0.5) is 0 Å². The summed E-state index contributed by atoms with van der Waals surface area (Å²) in [7, 11) is 0. The highest BCUT2D eigenvalue weighted by molar-refractivity contribution is 5.94. The first-order chi connectivity index (χ1) is 11.6. The highest BCUT2D eigenvalue weighted by Gasteiger charge is 2.25. The Morgan fingerprint density at radius 2 is 1.80 bits per heavy atom. The van der Waals surface area contributed by atoms with Crippen LogP contribution in [0.1, 0.15) is 40.4 Å². The minimum Gasteiger partial charge on any atom is -0.376 e. The van der Waals surface area contributed by atoms with Crippen molar-refractivity contribution in [2.75, 3.05) is 19.7 Å². The van der Waals surface area contributed by atoms with Crippen molar-refractivity contribution >= 4 is 11.8 Å². The number of benzene rings is 1. The van der Waals surface area contributed by atoms with E-state index in [0.29, 0.717) is 31.2 Å². The summed E-state index contributed by atoms with van der Waals surface area (Å²) in [6, 6.07) is 9.16. The lowest BCUT2D eigenvalue weighted by molar-refractivity contribution is -0.127. The Labute approximate surface area is 151 Å². The fourth-order valence-corrected chi connectivity index (χ4v) is 2.25.